The van der Waals surface area contributed by atoms with E-state index >= 15 is 0 Å². The van der Waals surface area contributed by atoms with Crippen molar-refractivity contribution in [3.63, 3.8) is 0 Å². The maximum absolute atomic E-state index is 9.23. The molecule has 9 nitrogen and oxygen atoms in total. The van der Waals surface area contributed by atoms with Gasteiger partial charge >= 0.3 is 6.03 Å². The number of amides is 2. The summed E-state index contributed by atoms with van der Waals surface area (Å²) in [5.41, 5.74) is 12.2. The fourth-order valence-electron chi connectivity index (χ4n) is 0.784. The highest BCUT2D eigenvalue weighted by atomic mass is 16.5. The van der Waals surface area contributed by atoms with Crippen LogP contribution in [0.15, 0.2) is 12.7 Å². The second kappa shape index (κ2) is 4.72. The van der Waals surface area contributed by atoms with Gasteiger partial charge in [-0.3, -0.25) is 5.21 Å². The number of imidazole rings is 1. The predicted molar refractivity (Wildman–Crippen MR) is 50.6 cm³/mol. The zero-order valence-electron chi connectivity index (χ0n) is 7.51. The number of hydroxylamine groups is 1. The van der Waals surface area contributed by atoms with Crippen LogP contribution in [0.25, 0.3) is 11.2 Å². The van der Waals surface area contributed by atoms with E-state index in [1.54, 1.807) is 0 Å². The molecular weight excluding hydrogens is 202 g/mol. The summed E-state index contributed by atoms with van der Waals surface area (Å²) in [5.74, 6) is 0.433. The number of nitrogens with two attached hydrogens (primary N) is 2. The summed E-state index contributed by atoms with van der Waals surface area (Å²) >= 11 is 0. The zero-order valence-corrected chi connectivity index (χ0v) is 7.51. The summed E-state index contributed by atoms with van der Waals surface area (Å²) in [5, 5.41) is 7.42. The average molecular weight is 211 g/mol. The number of nitrogen functional groups attached to an aromatic ring is 1. The van der Waals surface area contributed by atoms with Crippen LogP contribution in [0.3, 0.4) is 0 Å². The Morgan fingerprint density at radius 3 is 2.67 bits per heavy atom. The van der Waals surface area contributed by atoms with Crippen molar-refractivity contribution in [2.75, 3.05) is 5.73 Å². The van der Waals surface area contributed by atoms with Crippen LogP contribution in [-0.2, 0) is 0 Å². The van der Waals surface area contributed by atoms with Crippen molar-refractivity contribution in [1.82, 2.24) is 25.4 Å². The lowest BCUT2D eigenvalue weighted by molar-refractivity contribution is 0.169. The molecule has 2 heterocycles. The van der Waals surface area contributed by atoms with Crippen LogP contribution < -0.4 is 16.9 Å². The van der Waals surface area contributed by atoms with Gasteiger partial charge in [-0.15, -0.1) is 0 Å². The lowest BCUT2D eigenvalue weighted by Crippen LogP contribution is -2.25. The van der Waals surface area contributed by atoms with E-state index in [4.69, 9.17) is 10.9 Å². The fourth-order valence-corrected chi connectivity index (χ4v) is 0.784. The van der Waals surface area contributed by atoms with Gasteiger partial charge in [0.1, 0.15) is 11.8 Å². The topological polar surface area (TPSA) is 156 Å². The zero-order chi connectivity index (χ0) is 11.3. The normalized spacial score (nSPS) is 9.13. The highest BCUT2D eigenvalue weighted by Gasteiger charge is 1.99. The maximum atomic E-state index is 9.23. The Morgan fingerprint density at radius 2 is 2.13 bits per heavy atom. The van der Waals surface area contributed by atoms with E-state index < -0.39 is 6.03 Å². The van der Waals surface area contributed by atoms with Crippen molar-refractivity contribution >= 4 is 23.0 Å². The van der Waals surface area contributed by atoms with Gasteiger partial charge in [-0.1, -0.05) is 0 Å². The molecule has 0 radical (unpaired) electrons. The molecule has 0 aliphatic rings. The molecule has 0 aliphatic carbocycles. The van der Waals surface area contributed by atoms with Gasteiger partial charge in [0.25, 0.3) is 0 Å². The van der Waals surface area contributed by atoms with E-state index in [2.05, 4.69) is 25.7 Å². The SMILES string of the molecule is NC(=O)NO.Nc1ncnc2nc[nH]c12. The van der Waals surface area contributed by atoms with Gasteiger partial charge in [-0.2, -0.15) is 0 Å². The summed E-state index contributed by atoms with van der Waals surface area (Å²) in [4.78, 5) is 23.6. The minimum Gasteiger partial charge on any atom is -0.382 e. The van der Waals surface area contributed by atoms with Gasteiger partial charge in [0.05, 0.1) is 6.33 Å². The third-order valence-electron chi connectivity index (χ3n) is 1.36. The van der Waals surface area contributed by atoms with Gasteiger partial charge in [0.2, 0.25) is 0 Å². The van der Waals surface area contributed by atoms with E-state index in [0.717, 1.165) is 0 Å². The number of aromatic amines is 1. The Bertz CT molecular complexity index is 453. The van der Waals surface area contributed by atoms with Gasteiger partial charge in [0, 0.05) is 0 Å². The first-order chi connectivity index (χ1) is 7.15. The summed E-state index contributed by atoms with van der Waals surface area (Å²) < 4.78 is 0. The van der Waals surface area contributed by atoms with Crippen molar-refractivity contribution in [2.45, 2.75) is 0 Å². The summed E-state index contributed by atoms with van der Waals surface area (Å²) in [7, 11) is 0. The Morgan fingerprint density at radius 1 is 1.47 bits per heavy atom. The number of nitrogens with zero attached hydrogens (tertiary/aromatic N) is 3. The highest BCUT2D eigenvalue weighted by molar-refractivity contribution is 5.80. The molecule has 9 heteroatoms. The Hall–Kier alpha value is -2.42. The van der Waals surface area contributed by atoms with Crippen molar-refractivity contribution in [3.05, 3.63) is 12.7 Å². The second-order valence-electron chi connectivity index (χ2n) is 2.34. The van der Waals surface area contributed by atoms with Crippen LogP contribution in [0.4, 0.5) is 10.6 Å². The molecule has 0 aliphatic heterocycles. The lowest BCUT2D eigenvalue weighted by Gasteiger charge is -1.89. The first kappa shape index (κ1) is 10.7. The second-order valence-corrected chi connectivity index (χ2v) is 2.34. The Labute approximate surface area is 83.5 Å². The first-order valence-electron chi connectivity index (χ1n) is 3.74. The van der Waals surface area contributed by atoms with Gasteiger partial charge in [-0.25, -0.2) is 25.2 Å². The van der Waals surface area contributed by atoms with E-state index in [0.29, 0.717) is 17.0 Å². The lowest BCUT2D eigenvalue weighted by atomic mass is 10.5. The fraction of sp³-hybridized carbons (Fsp3) is 0. The molecule has 80 valence electrons. The quantitative estimate of drug-likeness (QED) is 0.277. The van der Waals surface area contributed by atoms with Crippen LogP contribution in [0.2, 0.25) is 0 Å². The largest absolute Gasteiger partial charge is 0.382 e. The van der Waals surface area contributed by atoms with Crippen LogP contribution in [0, 0.1) is 0 Å². The maximum Gasteiger partial charge on any atom is 0.335 e. The van der Waals surface area contributed by atoms with Gasteiger partial charge < -0.3 is 16.5 Å². The number of nitrogens with one attached hydrogen (secondary N) is 2. The van der Waals surface area contributed by atoms with Crippen molar-refractivity contribution in [2.24, 2.45) is 5.73 Å². The third kappa shape index (κ3) is 2.77. The number of carbonyl (C=O) groups is 1. The molecule has 0 fully saturated rings. The number of aromatic nitrogens is 4. The molecule has 2 rings (SSSR count). The molecule has 2 amide bonds. The Balaban J connectivity index is 0.000000195. The number of anilines is 1. The Kier molecular flexibility index (Phi) is 3.35. The molecule has 2 aromatic rings. The van der Waals surface area contributed by atoms with Crippen molar-refractivity contribution < 1.29 is 10.0 Å². The minimum atomic E-state index is -0.940. The first-order valence-corrected chi connectivity index (χ1v) is 3.74. The molecule has 0 saturated carbocycles. The number of rotatable bonds is 0. The number of hydrogen-bond acceptors (Lipinski definition) is 6. The molecule has 15 heavy (non-hydrogen) atoms. The number of H-pyrrole nitrogens is 1. The van der Waals surface area contributed by atoms with Crippen molar-refractivity contribution in [1.29, 1.82) is 0 Å². The molecule has 0 aromatic carbocycles. The molecule has 0 atom stereocenters. The minimum absolute atomic E-state index is 0.433. The van der Waals surface area contributed by atoms with E-state index in [1.807, 2.05) is 0 Å². The van der Waals surface area contributed by atoms with Gasteiger partial charge in [0.15, 0.2) is 11.5 Å². The van der Waals surface area contributed by atoms with Gasteiger partial charge in [-0.05, 0) is 0 Å². The monoisotopic (exact) mass is 211 g/mol. The smallest absolute Gasteiger partial charge is 0.335 e. The average Bonchev–Trinajstić information content (AvgIpc) is 2.68. The molecule has 0 spiro atoms. The number of fused-ring (bicyclic) bond motifs is 1. The standard InChI is InChI=1S/C5H5N5.CH4N2O2/c6-4-3-5(9-1-7-3)10-2-8-4;2-1(4)3-5/h1-2H,(H3,6,7,8,9,10);5H,(H3,2,3,4). The third-order valence-corrected chi connectivity index (χ3v) is 1.36. The molecule has 7 N–H and O–H groups in total. The van der Waals surface area contributed by atoms with E-state index in [9.17, 15) is 4.79 Å². The van der Waals surface area contributed by atoms with Crippen molar-refractivity contribution in [3.8, 4) is 0 Å². The molecule has 0 bridgehead atoms. The summed E-state index contributed by atoms with van der Waals surface area (Å²) in [6, 6.07) is -0.940. The van der Waals surface area contributed by atoms with Crippen LogP contribution >= 0.6 is 0 Å². The number of urea groups is 1. The van der Waals surface area contributed by atoms with Crippen LogP contribution in [0.1, 0.15) is 0 Å². The van der Waals surface area contributed by atoms with E-state index in [1.165, 1.54) is 18.1 Å². The highest BCUT2D eigenvalue weighted by Crippen LogP contribution is 2.09. The molecule has 2 aromatic heterocycles. The van der Waals surface area contributed by atoms with Crippen LogP contribution in [-0.4, -0.2) is 31.2 Å². The molecule has 0 unspecified atom stereocenters. The predicted octanol–water partition coefficient (Wildman–Crippen LogP) is -1.02. The number of carbonyl (C=O) groups excluding carboxylic acids is 1. The molecular formula is C6H9N7O2. The number of primary amides is 1. The summed E-state index contributed by atoms with van der Waals surface area (Å²) in [6.45, 7) is 0. The number of hydrogen-bond donors (Lipinski definition) is 5. The molecule has 0 saturated heterocycles. The van der Waals surface area contributed by atoms with E-state index in [-0.39, 0.29) is 0 Å². The summed E-state index contributed by atoms with van der Waals surface area (Å²) in [6.07, 6.45) is 2.92. The van der Waals surface area contributed by atoms with Crippen LogP contribution in [0.5, 0.6) is 0 Å².